The van der Waals surface area contributed by atoms with E-state index in [9.17, 15) is 35.1 Å². The second kappa shape index (κ2) is 9.89. The zero-order valence-corrected chi connectivity index (χ0v) is 15.6. The molecule has 2 heterocycles. The molecule has 0 aromatic carbocycles. The van der Waals surface area contributed by atoms with Crippen LogP contribution in [-0.4, -0.2) is 112 Å². The number of hydrogen-bond acceptors (Lipinski definition) is 10. The Morgan fingerprint density at radius 2 is 1.57 bits per heavy atom. The Morgan fingerprint density at radius 1 is 0.964 bits per heavy atom. The van der Waals surface area contributed by atoms with Crippen molar-refractivity contribution in [3.63, 3.8) is 0 Å². The van der Waals surface area contributed by atoms with Crippen molar-refractivity contribution in [1.29, 1.82) is 0 Å². The van der Waals surface area contributed by atoms with Gasteiger partial charge in [0.15, 0.2) is 6.29 Å². The molecule has 2 aliphatic heterocycles. The first-order chi connectivity index (χ1) is 13.2. The summed E-state index contributed by atoms with van der Waals surface area (Å²) in [4.78, 5) is 22.8. The molecule has 0 saturated carbocycles. The van der Waals surface area contributed by atoms with Crippen LogP contribution in [0, 0.1) is 0 Å². The van der Waals surface area contributed by atoms with Gasteiger partial charge in [0.25, 0.3) is 0 Å². The van der Waals surface area contributed by atoms with Gasteiger partial charge in [-0.05, 0) is 0 Å². The third-order valence-electron chi connectivity index (χ3n) is 4.72. The first-order valence-corrected chi connectivity index (χ1v) is 8.92. The second-order valence-corrected chi connectivity index (χ2v) is 6.89. The number of aliphatic hydroxyl groups excluding tert-OH is 5. The lowest BCUT2D eigenvalue weighted by molar-refractivity contribution is -0.309. The van der Waals surface area contributed by atoms with Crippen molar-refractivity contribution in [1.82, 2.24) is 10.6 Å². The fourth-order valence-electron chi connectivity index (χ4n) is 3.32. The highest BCUT2D eigenvalue weighted by atomic mass is 16.7. The first-order valence-electron chi connectivity index (χ1n) is 8.92. The monoisotopic (exact) mass is 408 g/mol. The molecule has 2 amide bonds. The van der Waals surface area contributed by atoms with Gasteiger partial charge in [0, 0.05) is 13.8 Å². The highest BCUT2D eigenvalue weighted by Gasteiger charge is 2.49. The zero-order chi connectivity index (χ0) is 21.0. The summed E-state index contributed by atoms with van der Waals surface area (Å²) in [7, 11) is 0. The smallest absolute Gasteiger partial charge is 0.217 e. The summed E-state index contributed by atoms with van der Waals surface area (Å²) in [6.07, 6.45) is -9.07. The number of hydrogen-bond donors (Lipinski definition) is 7. The minimum Gasteiger partial charge on any atom is -0.394 e. The van der Waals surface area contributed by atoms with Crippen molar-refractivity contribution in [3.05, 3.63) is 0 Å². The van der Waals surface area contributed by atoms with Gasteiger partial charge in [-0.2, -0.15) is 0 Å². The molecule has 28 heavy (non-hydrogen) atoms. The van der Waals surface area contributed by atoms with Crippen LogP contribution in [0.15, 0.2) is 0 Å². The highest BCUT2D eigenvalue weighted by molar-refractivity contribution is 5.73. The van der Waals surface area contributed by atoms with Crippen LogP contribution >= 0.6 is 0 Å². The van der Waals surface area contributed by atoms with Gasteiger partial charge in [-0.15, -0.1) is 0 Å². The maximum Gasteiger partial charge on any atom is 0.217 e. The molecule has 2 saturated heterocycles. The van der Waals surface area contributed by atoms with Crippen molar-refractivity contribution in [2.45, 2.75) is 68.8 Å². The number of carbonyl (C=O) groups is 2. The van der Waals surface area contributed by atoms with E-state index in [1.165, 1.54) is 13.8 Å². The normalized spacial score (nSPS) is 41.3. The summed E-state index contributed by atoms with van der Waals surface area (Å²) in [6, 6.07) is -2.04. The van der Waals surface area contributed by atoms with Crippen LogP contribution in [0.2, 0.25) is 0 Å². The van der Waals surface area contributed by atoms with Gasteiger partial charge < -0.3 is 50.4 Å². The molecule has 2 aliphatic rings. The Hall–Kier alpha value is -1.38. The van der Waals surface area contributed by atoms with Crippen molar-refractivity contribution in [2.75, 3.05) is 19.8 Å². The minimum absolute atomic E-state index is 0.0624. The summed E-state index contributed by atoms with van der Waals surface area (Å²) in [5, 5.41) is 54.7. The predicted molar refractivity (Wildman–Crippen MR) is 90.7 cm³/mol. The molecule has 0 aromatic rings. The number of amides is 2. The largest absolute Gasteiger partial charge is 0.394 e. The Bertz CT molecular complexity index is 550. The van der Waals surface area contributed by atoms with Crippen molar-refractivity contribution in [3.8, 4) is 0 Å². The second-order valence-electron chi connectivity index (χ2n) is 6.89. The molecule has 0 aromatic heterocycles. The third kappa shape index (κ3) is 5.15. The molecule has 12 nitrogen and oxygen atoms in total. The third-order valence-corrected chi connectivity index (χ3v) is 4.72. The first kappa shape index (κ1) is 22.9. The van der Waals surface area contributed by atoms with E-state index in [2.05, 4.69) is 10.6 Å². The quantitative estimate of drug-likeness (QED) is 0.226. The standard InChI is InChI=1S/C16H28N2O10/c1-6(21)17-8-5-26-10(4-20)15(12(8)23)28-16-11(18-7(2)22)14(25)13(24)9(3-19)27-16/h8-16,19-20,23-25H,3-5H2,1-2H3,(H,17,21)(H,18,22)/t8-,9+,10+,11+,12+,13+,14+,15+,16+/m0/s1. The van der Waals surface area contributed by atoms with E-state index in [-0.39, 0.29) is 6.61 Å². The van der Waals surface area contributed by atoms with Crippen molar-refractivity contribution < 1.29 is 49.3 Å². The van der Waals surface area contributed by atoms with E-state index in [1.807, 2.05) is 0 Å². The Balaban J connectivity index is 2.22. The fraction of sp³-hybridized carbons (Fsp3) is 0.875. The van der Waals surface area contributed by atoms with Gasteiger partial charge >= 0.3 is 0 Å². The fourth-order valence-corrected chi connectivity index (χ4v) is 3.32. The summed E-state index contributed by atoms with van der Waals surface area (Å²) in [5.74, 6) is -0.941. The van der Waals surface area contributed by atoms with Crippen molar-refractivity contribution in [2.24, 2.45) is 0 Å². The van der Waals surface area contributed by atoms with Crippen LogP contribution < -0.4 is 10.6 Å². The number of aliphatic hydroxyl groups is 5. The number of rotatable bonds is 6. The van der Waals surface area contributed by atoms with Gasteiger partial charge in [-0.3, -0.25) is 9.59 Å². The zero-order valence-electron chi connectivity index (χ0n) is 15.6. The van der Waals surface area contributed by atoms with Gasteiger partial charge in [-0.1, -0.05) is 0 Å². The molecule has 2 rings (SSSR count). The number of ether oxygens (including phenoxy) is 3. The summed E-state index contributed by atoms with van der Waals surface area (Å²) < 4.78 is 16.6. The van der Waals surface area contributed by atoms with E-state index in [0.717, 1.165) is 0 Å². The summed E-state index contributed by atoms with van der Waals surface area (Å²) in [6.45, 7) is 1.25. The topological polar surface area (TPSA) is 187 Å². The lowest BCUT2D eigenvalue weighted by Crippen LogP contribution is -2.67. The molecular formula is C16H28N2O10. The highest BCUT2D eigenvalue weighted by Crippen LogP contribution is 2.27. The van der Waals surface area contributed by atoms with E-state index < -0.39 is 80.0 Å². The van der Waals surface area contributed by atoms with Gasteiger partial charge in [0.05, 0.1) is 25.9 Å². The minimum atomic E-state index is -1.53. The van der Waals surface area contributed by atoms with E-state index in [4.69, 9.17) is 14.2 Å². The van der Waals surface area contributed by atoms with Crippen LogP contribution in [0.4, 0.5) is 0 Å². The number of carbonyl (C=O) groups excluding carboxylic acids is 2. The van der Waals surface area contributed by atoms with E-state index in [1.54, 1.807) is 0 Å². The molecule has 7 N–H and O–H groups in total. The predicted octanol–water partition coefficient (Wildman–Crippen LogP) is -4.43. The molecule has 162 valence electrons. The lowest BCUT2D eigenvalue weighted by Gasteiger charge is -2.46. The average Bonchev–Trinajstić information content (AvgIpc) is 2.63. The Labute approximate surface area is 161 Å². The van der Waals surface area contributed by atoms with Crippen LogP contribution in [0.3, 0.4) is 0 Å². The van der Waals surface area contributed by atoms with Crippen LogP contribution in [-0.2, 0) is 23.8 Å². The maximum atomic E-state index is 11.5. The maximum absolute atomic E-state index is 11.5. The van der Waals surface area contributed by atoms with Gasteiger partial charge in [0.1, 0.15) is 42.7 Å². The molecule has 0 aliphatic carbocycles. The van der Waals surface area contributed by atoms with E-state index in [0.29, 0.717) is 0 Å². The van der Waals surface area contributed by atoms with Crippen LogP contribution in [0.5, 0.6) is 0 Å². The summed E-state index contributed by atoms with van der Waals surface area (Å²) in [5.41, 5.74) is 0. The summed E-state index contributed by atoms with van der Waals surface area (Å²) >= 11 is 0. The Morgan fingerprint density at radius 3 is 2.11 bits per heavy atom. The van der Waals surface area contributed by atoms with E-state index >= 15 is 0 Å². The molecule has 9 atom stereocenters. The molecule has 0 unspecified atom stereocenters. The molecule has 0 bridgehead atoms. The average molecular weight is 408 g/mol. The van der Waals surface area contributed by atoms with Crippen LogP contribution in [0.25, 0.3) is 0 Å². The molecule has 0 spiro atoms. The Kier molecular flexibility index (Phi) is 8.09. The molecule has 12 heteroatoms. The number of nitrogens with one attached hydrogen (secondary N) is 2. The van der Waals surface area contributed by atoms with Crippen LogP contribution in [0.1, 0.15) is 13.8 Å². The molecule has 0 radical (unpaired) electrons. The lowest BCUT2D eigenvalue weighted by atomic mass is 9.95. The van der Waals surface area contributed by atoms with Crippen molar-refractivity contribution >= 4 is 11.8 Å². The molecular weight excluding hydrogens is 380 g/mol. The van der Waals surface area contributed by atoms with Gasteiger partial charge in [-0.25, -0.2) is 0 Å². The SMILES string of the molecule is CC(=O)N[C@H]1[C@@H](O[C@H]2[C@H](O)[C@@H](NC(C)=O)CO[C@@H]2CO)O[C@H](CO)[C@@H](O)[C@@H]1O. The van der Waals surface area contributed by atoms with Gasteiger partial charge in [0.2, 0.25) is 11.8 Å². The molecule has 2 fully saturated rings.